The molecule has 6 heteroatoms. The third kappa shape index (κ3) is 3.77. The first-order chi connectivity index (χ1) is 11.1. The number of piperidine rings is 1. The number of primary amides is 1. The van der Waals surface area contributed by atoms with Gasteiger partial charge in [0.25, 0.3) is 0 Å². The van der Waals surface area contributed by atoms with Gasteiger partial charge >= 0.3 is 0 Å². The molecule has 0 unspecified atom stereocenters. The molecule has 0 atom stereocenters. The number of aromatic nitrogens is 2. The van der Waals surface area contributed by atoms with Crippen LogP contribution in [-0.2, 0) is 0 Å². The van der Waals surface area contributed by atoms with Gasteiger partial charge in [0.1, 0.15) is 0 Å². The summed E-state index contributed by atoms with van der Waals surface area (Å²) < 4.78 is 0. The zero-order chi connectivity index (χ0) is 16.2. The highest BCUT2D eigenvalue weighted by atomic mass is 16.1. The lowest BCUT2D eigenvalue weighted by Crippen LogP contribution is -2.39. The molecule has 0 saturated carbocycles. The second-order valence-electron chi connectivity index (χ2n) is 5.84. The van der Waals surface area contributed by atoms with Crippen molar-refractivity contribution in [2.75, 3.05) is 23.3 Å². The van der Waals surface area contributed by atoms with Crippen LogP contribution in [0.2, 0.25) is 0 Å². The normalized spacial score (nSPS) is 15.4. The summed E-state index contributed by atoms with van der Waals surface area (Å²) in [5, 5.41) is 3.40. The molecule has 1 aromatic carbocycles. The number of aryl methyl sites for hydroxylation is 1. The molecule has 1 amide bonds. The fourth-order valence-electron chi connectivity index (χ4n) is 2.84. The quantitative estimate of drug-likeness (QED) is 0.902. The highest BCUT2D eigenvalue weighted by Crippen LogP contribution is 2.22. The molecule has 0 aliphatic carbocycles. The van der Waals surface area contributed by atoms with Gasteiger partial charge in [0.2, 0.25) is 11.9 Å². The maximum Gasteiger partial charge on any atom is 0.248 e. The fraction of sp³-hybridized carbons (Fsp3) is 0.353. The van der Waals surface area contributed by atoms with E-state index in [4.69, 9.17) is 5.73 Å². The van der Waals surface area contributed by atoms with Gasteiger partial charge in [0, 0.05) is 42.3 Å². The second-order valence-corrected chi connectivity index (χ2v) is 5.84. The number of hydrogen-bond acceptors (Lipinski definition) is 5. The van der Waals surface area contributed by atoms with E-state index >= 15 is 0 Å². The number of nitrogens with two attached hydrogens (primary N) is 1. The van der Waals surface area contributed by atoms with Crippen molar-refractivity contribution in [3.05, 3.63) is 47.8 Å². The molecule has 120 valence electrons. The topological polar surface area (TPSA) is 84.1 Å². The van der Waals surface area contributed by atoms with Crippen LogP contribution in [-0.4, -0.2) is 35.0 Å². The first kappa shape index (κ1) is 15.3. The highest BCUT2D eigenvalue weighted by Gasteiger charge is 2.20. The van der Waals surface area contributed by atoms with Gasteiger partial charge in [0.05, 0.1) is 0 Å². The van der Waals surface area contributed by atoms with Gasteiger partial charge in [-0.1, -0.05) is 6.07 Å². The molecular weight excluding hydrogens is 290 g/mol. The van der Waals surface area contributed by atoms with Gasteiger partial charge in [0.15, 0.2) is 0 Å². The Labute approximate surface area is 135 Å². The van der Waals surface area contributed by atoms with Crippen LogP contribution in [0.1, 0.15) is 28.9 Å². The molecule has 0 bridgehead atoms. The summed E-state index contributed by atoms with van der Waals surface area (Å²) in [5.41, 5.74) is 7.91. The molecule has 0 radical (unpaired) electrons. The van der Waals surface area contributed by atoms with E-state index in [1.807, 2.05) is 31.2 Å². The third-order valence-corrected chi connectivity index (χ3v) is 4.12. The van der Waals surface area contributed by atoms with Crippen molar-refractivity contribution in [3.8, 4) is 0 Å². The van der Waals surface area contributed by atoms with Crippen LogP contribution in [0.4, 0.5) is 11.6 Å². The predicted molar refractivity (Wildman–Crippen MR) is 90.6 cm³/mol. The molecule has 1 saturated heterocycles. The number of rotatable bonds is 4. The first-order valence-electron chi connectivity index (χ1n) is 7.83. The Hall–Kier alpha value is -2.63. The lowest BCUT2D eigenvalue weighted by atomic mass is 10.0. The van der Waals surface area contributed by atoms with Crippen LogP contribution in [0, 0.1) is 6.92 Å². The molecule has 1 aliphatic rings. The summed E-state index contributed by atoms with van der Waals surface area (Å²) in [7, 11) is 0. The van der Waals surface area contributed by atoms with Crippen LogP contribution in [0.3, 0.4) is 0 Å². The van der Waals surface area contributed by atoms with Crippen LogP contribution in [0.15, 0.2) is 36.5 Å². The van der Waals surface area contributed by atoms with Gasteiger partial charge in [-0.15, -0.1) is 0 Å². The molecule has 23 heavy (non-hydrogen) atoms. The minimum Gasteiger partial charge on any atom is -0.371 e. The third-order valence-electron chi connectivity index (χ3n) is 4.12. The number of amides is 1. The Morgan fingerprint density at radius 2 is 2.09 bits per heavy atom. The number of anilines is 2. The standard InChI is InChI=1S/C17H21N5O/c1-12-5-8-19-17(20-12)21-14-6-9-22(10-7-14)15-4-2-3-13(11-15)16(18)23/h2-5,8,11,14H,6-7,9-10H2,1H3,(H2,18,23)(H,19,20,21). The number of nitrogens with zero attached hydrogens (tertiary/aromatic N) is 3. The fourth-order valence-corrected chi connectivity index (χ4v) is 2.84. The Bertz CT molecular complexity index is 695. The van der Waals surface area contributed by atoms with Gasteiger partial charge in [-0.25, -0.2) is 9.97 Å². The summed E-state index contributed by atoms with van der Waals surface area (Å²) in [6.07, 6.45) is 3.77. The van der Waals surface area contributed by atoms with Gasteiger partial charge in [-0.2, -0.15) is 0 Å². The van der Waals surface area contributed by atoms with E-state index in [1.165, 1.54) is 0 Å². The lowest BCUT2D eigenvalue weighted by molar-refractivity contribution is 0.100. The minimum absolute atomic E-state index is 0.368. The van der Waals surface area contributed by atoms with E-state index < -0.39 is 0 Å². The van der Waals surface area contributed by atoms with E-state index in [-0.39, 0.29) is 5.91 Å². The van der Waals surface area contributed by atoms with Crippen LogP contribution in [0.5, 0.6) is 0 Å². The first-order valence-corrected chi connectivity index (χ1v) is 7.83. The van der Waals surface area contributed by atoms with Crippen LogP contribution >= 0.6 is 0 Å². The van der Waals surface area contributed by atoms with Crippen LogP contribution < -0.4 is 16.0 Å². The monoisotopic (exact) mass is 311 g/mol. The van der Waals surface area contributed by atoms with Crippen LogP contribution in [0.25, 0.3) is 0 Å². The number of benzene rings is 1. The Morgan fingerprint density at radius 1 is 1.30 bits per heavy atom. The molecule has 0 spiro atoms. The Morgan fingerprint density at radius 3 is 2.78 bits per heavy atom. The number of carbonyl (C=O) groups excluding carboxylic acids is 1. The van der Waals surface area contributed by atoms with Gasteiger partial charge in [-0.05, 0) is 44.0 Å². The lowest BCUT2D eigenvalue weighted by Gasteiger charge is -2.34. The molecular formula is C17H21N5O. The average molecular weight is 311 g/mol. The Balaban J connectivity index is 1.60. The summed E-state index contributed by atoms with van der Waals surface area (Å²) in [6.45, 7) is 3.80. The zero-order valence-corrected chi connectivity index (χ0v) is 13.2. The van der Waals surface area contributed by atoms with Crippen molar-refractivity contribution in [3.63, 3.8) is 0 Å². The number of carbonyl (C=O) groups is 1. The zero-order valence-electron chi connectivity index (χ0n) is 13.2. The molecule has 6 nitrogen and oxygen atoms in total. The van der Waals surface area contributed by atoms with E-state index in [9.17, 15) is 4.79 Å². The van der Waals surface area contributed by atoms with E-state index in [1.54, 1.807) is 12.3 Å². The smallest absolute Gasteiger partial charge is 0.248 e. The maximum absolute atomic E-state index is 11.3. The summed E-state index contributed by atoms with van der Waals surface area (Å²) in [4.78, 5) is 22.2. The predicted octanol–water partition coefficient (Wildman–Crippen LogP) is 1.96. The highest BCUT2D eigenvalue weighted by molar-refractivity contribution is 5.93. The number of nitrogens with one attached hydrogen (secondary N) is 1. The maximum atomic E-state index is 11.3. The summed E-state index contributed by atoms with van der Waals surface area (Å²) >= 11 is 0. The molecule has 3 N–H and O–H groups in total. The van der Waals surface area contributed by atoms with Crippen molar-refractivity contribution in [1.82, 2.24) is 9.97 Å². The summed E-state index contributed by atoms with van der Waals surface area (Å²) in [5.74, 6) is 0.305. The van der Waals surface area contributed by atoms with Crippen molar-refractivity contribution in [2.24, 2.45) is 5.73 Å². The molecule has 2 aromatic rings. The van der Waals surface area contributed by atoms with Crippen molar-refractivity contribution in [2.45, 2.75) is 25.8 Å². The molecule has 1 aliphatic heterocycles. The molecule has 1 fully saturated rings. The van der Waals surface area contributed by atoms with Gasteiger partial charge < -0.3 is 16.0 Å². The second kappa shape index (κ2) is 6.64. The van der Waals surface area contributed by atoms with Crippen molar-refractivity contribution < 1.29 is 4.79 Å². The number of hydrogen-bond donors (Lipinski definition) is 2. The van der Waals surface area contributed by atoms with E-state index in [0.29, 0.717) is 17.6 Å². The molecule has 2 heterocycles. The van der Waals surface area contributed by atoms with E-state index in [0.717, 1.165) is 37.3 Å². The minimum atomic E-state index is -0.389. The SMILES string of the molecule is Cc1ccnc(NC2CCN(c3cccc(C(N)=O)c3)CC2)n1. The average Bonchev–Trinajstić information content (AvgIpc) is 2.56. The molecule has 3 rings (SSSR count). The van der Waals surface area contributed by atoms with Crippen molar-refractivity contribution >= 4 is 17.5 Å². The molecule has 1 aromatic heterocycles. The summed E-state index contributed by atoms with van der Waals surface area (Å²) in [6, 6.07) is 9.76. The Kier molecular flexibility index (Phi) is 4.41. The van der Waals surface area contributed by atoms with E-state index in [2.05, 4.69) is 20.2 Å². The van der Waals surface area contributed by atoms with Crippen molar-refractivity contribution in [1.29, 1.82) is 0 Å². The van der Waals surface area contributed by atoms with Gasteiger partial charge in [-0.3, -0.25) is 4.79 Å². The largest absolute Gasteiger partial charge is 0.371 e.